The van der Waals surface area contributed by atoms with Crippen molar-refractivity contribution in [3.63, 3.8) is 0 Å². The lowest BCUT2D eigenvalue weighted by atomic mass is 10.4. The van der Waals surface area contributed by atoms with Gasteiger partial charge in [0.05, 0.1) is 0 Å². The molecule has 0 aliphatic heterocycles. The zero-order valence-electron chi connectivity index (χ0n) is 8.54. The van der Waals surface area contributed by atoms with Gasteiger partial charge in [-0.3, -0.25) is 0 Å². The van der Waals surface area contributed by atoms with Gasteiger partial charge in [-0.25, -0.2) is 0 Å². The summed E-state index contributed by atoms with van der Waals surface area (Å²) in [6, 6.07) is 3.76. The second-order valence-corrected chi connectivity index (χ2v) is 3.27. The number of furan rings is 1. The molecule has 1 rings (SSSR count). The van der Waals surface area contributed by atoms with Crippen LogP contribution in [0, 0.1) is 6.92 Å². The van der Waals surface area contributed by atoms with E-state index in [0.29, 0.717) is 11.7 Å². The average molecular weight is 224 g/mol. The maximum atomic E-state index is 5.31. The minimum absolute atomic E-state index is 0.509. The van der Waals surface area contributed by atoms with E-state index in [1.54, 1.807) is 12.3 Å². The van der Waals surface area contributed by atoms with Crippen molar-refractivity contribution in [3.05, 3.63) is 36.3 Å². The number of aryl methyl sites for hydroxylation is 1. The molecule has 0 bridgehead atoms. The van der Waals surface area contributed by atoms with Gasteiger partial charge in [0.2, 0.25) is 11.3 Å². The lowest BCUT2D eigenvalue weighted by Gasteiger charge is -1.98. The van der Waals surface area contributed by atoms with E-state index < -0.39 is 0 Å². The van der Waals surface area contributed by atoms with Gasteiger partial charge in [0.15, 0.2) is 5.76 Å². The fourth-order valence-electron chi connectivity index (χ4n) is 0.913. The fourth-order valence-corrected chi connectivity index (χ4v) is 1.06. The summed E-state index contributed by atoms with van der Waals surface area (Å²) in [5, 5.41) is 6.24. The Labute approximate surface area is 94.0 Å². The molecule has 4 nitrogen and oxygen atoms in total. The second-order valence-electron chi connectivity index (χ2n) is 2.86. The van der Waals surface area contributed by atoms with Gasteiger partial charge in [-0.05, 0) is 31.3 Å². The Balaban J connectivity index is 2.33. The summed E-state index contributed by atoms with van der Waals surface area (Å²) in [4.78, 5) is 0. The molecule has 0 amide bonds. The van der Waals surface area contributed by atoms with Crippen molar-refractivity contribution in [2.24, 2.45) is 0 Å². The van der Waals surface area contributed by atoms with Crippen LogP contribution >= 0.6 is 12.2 Å². The largest absolute Gasteiger partial charge is 0.456 e. The second kappa shape index (κ2) is 5.98. The van der Waals surface area contributed by atoms with Gasteiger partial charge in [-0.2, -0.15) is 0 Å². The highest BCUT2D eigenvalue weighted by Gasteiger charge is 1.97. The summed E-state index contributed by atoms with van der Waals surface area (Å²) in [6.45, 7) is 6.09. The van der Waals surface area contributed by atoms with Crippen LogP contribution < -0.4 is 15.8 Å². The van der Waals surface area contributed by atoms with Gasteiger partial charge in [-0.1, -0.05) is 6.08 Å². The molecule has 15 heavy (non-hydrogen) atoms. The van der Waals surface area contributed by atoms with E-state index in [1.165, 1.54) is 0 Å². The van der Waals surface area contributed by atoms with Crippen LogP contribution in [-0.2, 0) is 0 Å². The zero-order chi connectivity index (χ0) is 11.1. The van der Waals surface area contributed by atoms with Crippen molar-refractivity contribution in [2.75, 3.05) is 6.54 Å². The van der Waals surface area contributed by atoms with E-state index in [-0.39, 0.29) is 0 Å². The fraction of sp³-hybridized carbons (Fsp3) is 0.200. The average Bonchev–Trinajstić information content (AvgIpc) is 2.61. The first kappa shape index (κ1) is 11.5. The van der Waals surface area contributed by atoms with Crippen molar-refractivity contribution < 1.29 is 9.52 Å². The van der Waals surface area contributed by atoms with Gasteiger partial charge in [0.1, 0.15) is 5.76 Å². The molecule has 0 aliphatic carbocycles. The predicted molar refractivity (Wildman–Crippen MR) is 63.5 cm³/mol. The molecule has 5 heteroatoms. The molecule has 0 aromatic carbocycles. The summed E-state index contributed by atoms with van der Waals surface area (Å²) in [5.74, 6) is 1.61. The minimum Gasteiger partial charge on any atom is -0.456 e. The summed E-state index contributed by atoms with van der Waals surface area (Å²) in [5.41, 5.74) is 2.78. The van der Waals surface area contributed by atoms with Crippen molar-refractivity contribution in [3.8, 4) is 0 Å². The molecule has 1 aromatic rings. The standard InChI is InChI=1S/C10H13N3OS/c1-3-6-11-10(15)13-12-7-9-5-4-8(2)14-9/h3-5,7H,1,6H2,2H3,(H2,11,13,15)/p+1. The molecule has 1 aromatic heterocycles. The SMILES string of the molecule is C=CCNC(=S)N[NH+]=Cc1ccc(C)o1. The minimum atomic E-state index is 0.509. The number of thiocarbonyl (C=S) groups is 1. The molecule has 3 N–H and O–H groups in total. The smallest absolute Gasteiger partial charge is 0.233 e. The molecule has 0 saturated carbocycles. The highest BCUT2D eigenvalue weighted by molar-refractivity contribution is 7.80. The lowest BCUT2D eigenvalue weighted by molar-refractivity contribution is -0.500. The normalized spacial score (nSPS) is 10.2. The maximum Gasteiger partial charge on any atom is 0.233 e. The number of nitrogens with one attached hydrogen (secondary N) is 3. The Morgan fingerprint density at radius 2 is 2.47 bits per heavy atom. The van der Waals surface area contributed by atoms with E-state index in [9.17, 15) is 0 Å². The van der Waals surface area contributed by atoms with E-state index >= 15 is 0 Å². The van der Waals surface area contributed by atoms with Crippen LogP contribution in [0.5, 0.6) is 0 Å². The number of hydrazine groups is 1. The third-order valence-corrected chi connectivity index (χ3v) is 1.81. The number of hydrogen-bond donors (Lipinski definition) is 3. The molecule has 1 heterocycles. The summed E-state index contributed by atoms with van der Waals surface area (Å²) >= 11 is 4.96. The number of rotatable bonds is 4. The first-order valence-electron chi connectivity index (χ1n) is 4.52. The van der Waals surface area contributed by atoms with E-state index in [1.807, 2.05) is 19.1 Å². The molecule has 0 aliphatic rings. The van der Waals surface area contributed by atoms with Crippen LogP contribution in [0.3, 0.4) is 0 Å². The third-order valence-electron chi connectivity index (χ3n) is 1.57. The van der Waals surface area contributed by atoms with Gasteiger partial charge in [-0.15, -0.1) is 17.1 Å². The molecule has 80 valence electrons. The summed E-state index contributed by atoms with van der Waals surface area (Å²) in [6.07, 6.45) is 3.42. The van der Waals surface area contributed by atoms with Crippen molar-refractivity contribution in [2.45, 2.75) is 6.92 Å². The van der Waals surface area contributed by atoms with E-state index in [4.69, 9.17) is 16.6 Å². The highest BCUT2D eigenvalue weighted by atomic mass is 32.1. The molecule has 0 radical (unpaired) electrons. The van der Waals surface area contributed by atoms with E-state index in [0.717, 1.165) is 11.5 Å². The molecule has 0 saturated heterocycles. The van der Waals surface area contributed by atoms with Gasteiger partial charge in [0.25, 0.3) is 0 Å². The van der Waals surface area contributed by atoms with E-state index in [2.05, 4.69) is 22.4 Å². The Bertz CT molecular complexity index is 370. The van der Waals surface area contributed by atoms with Crippen molar-refractivity contribution in [1.29, 1.82) is 0 Å². The predicted octanol–water partition coefficient (Wildman–Crippen LogP) is -0.347. The van der Waals surface area contributed by atoms with Crippen LogP contribution in [-0.4, -0.2) is 17.9 Å². The quantitative estimate of drug-likeness (QED) is 0.283. The maximum absolute atomic E-state index is 5.31. The van der Waals surface area contributed by atoms with Gasteiger partial charge >= 0.3 is 0 Å². The van der Waals surface area contributed by atoms with Crippen LogP contribution in [0.4, 0.5) is 0 Å². The molecule has 0 fully saturated rings. The Kier molecular flexibility index (Phi) is 4.56. The van der Waals surface area contributed by atoms with Crippen LogP contribution in [0.15, 0.2) is 29.2 Å². The Morgan fingerprint density at radius 1 is 1.67 bits per heavy atom. The molecule has 0 unspecified atom stereocenters. The monoisotopic (exact) mass is 224 g/mol. The topological polar surface area (TPSA) is 51.2 Å². The van der Waals surface area contributed by atoms with Crippen LogP contribution in [0.1, 0.15) is 11.5 Å². The Hall–Kier alpha value is -1.62. The third kappa shape index (κ3) is 4.42. The Morgan fingerprint density at radius 3 is 3.07 bits per heavy atom. The molecule has 0 atom stereocenters. The first-order valence-corrected chi connectivity index (χ1v) is 4.93. The van der Waals surface area contributed by atoms with Gasteiger partial charge in [0, 0.05) is 6.54 Å². The van der Waals surface area contributed by atoms with Crippen molar-refractivity contribution >= 4 is 23.5 Å². The van der Waals surface area contributed by atoms with Gasteiger partial charge < -0.3 is 9.73 Å². The lowest BCUT2D eigenvalue weighted by Crippen LogP contribution is -2.82. The van der Waals surface area contributed by atoms with Crippen LogP contribution in [0.2, 0.25) is 0 Å². The molecular weight excluding hydrogens is 210 g/mol. The summed E-state index contributed by atoms with van der Waals surface area (Å²) in [7, 11) is 0. The molecule has 0 spiro atoms. The molecular formula is C10H14N3OS+. The number of hydrazone groups is 1. The summed E-state index contributed by atoms with van der Waals surface area (Å²) < 4.78 is 5.31. The first-order chi connectivity index (χ1) is 7.22. The van der Waals surface area contributed by atoms with Crippen LogP contribution in [0.25, 0.3) is 0 Å². The highest BCUT2D eigenvalue weighted by Crippen LogP contribution is 2.01. The van der Waals surface area contributed by atoms with Crippen molar-refractivity contribution in [1.82, 2.24) is 10.7 Å². The number of hydrogen-bond acceptors (Lipinski definition) is 2. The zero-order valence-corrected chi connectivity index (χ0v) is 9.36.